The summed E-state index contributed by atoms with van der Waals surface area (Å²) in [5.74, 6) is 1.27. The number of nitrogens with zero attached hydrogens (tertiary/aromatic N) is 2. The minimum Gasteiger partial charge on any atom is -0.373 e. The average molecular weight is 287 g/mol. The Labute approximate surface area is 124 Å². The monoisotopic (exact) mass is 287 g/mol. The van der Waals surface area contributed by atoms with Crippen molar-refractivity contribution in [3.8, 4) is 0 Å². The van der Waals surface area contributed by atoms with E-state index in [9.17, 15) is 0 Å². The van der Waals surface area contributed by atoms with E-state index in [1.807, 2.05) is 12.1 Å². The van der Waals surface area contributed by atoms with Gasteiger partial charge in [-0.1, -0.05) is 37.2 Å². The predicted octanol–water partition coefficient (Wildman–Crippen LogP) is 3.44. The molecule has 2 heterocycles. The largest absolute Gasteiger partial charge is 0.373 e. The summed E-state index contributed by atoms with van der Waals surface area (Å²) in [6, 6.07) is 8.32. The fraction of sp³-hybridized carbons (Fsp3) is 0.500. The minimum absolute atomic E-state index is 0.0481. The normalized spacial score (nSPS) is 17.6. The van der Waals surface area contributed by atoms with Gasteiger partial charge in [-0.05, 0) is 24.5 Å². The maximum Gasteiger partial charge on any atom is 0.249 e. The average Bonchev–Trinajstić information content (AvgIpc) is 3.16. The number of rotatable bonds is 5. The van der Waals surface area contributed by atoms with Gasteiger partial charge in [-0.3, -0.25) is 0 Å². The number of hydrogen-bond donors (Lipinski definition) is 1. The summed E-state index contributed by atoms with van der Waals surface area (Å²) in [5, 5.41) is 7.59. The van der Waals surface area contributed by atoms with Crippen molar-refractivity contribution < 1.29 is 9.26 Å². The standard InChI is InChI=1S/C16H21N3O2/c1-4-16(5-2,20-3)15-18-14(21-19-15)13-10-11-8-6-7-9-12(11)17-13/h6-9,13,17H,4-5,10H2,1-3H3. The van der Waals surface area contributed by atoms with Crippen LogP contribution in [-0.2, 0) is 16.8 Å². The molecule has 3 rings (SSSR count). The lowest BCUT2D eigenvalue weighted by atomic mass is 9.96. The Balaban J connectivity index is 1.84. The molecule has 0 aliphatic carbocycles. The number of ether oxygens (including phenoxy) is 1. The van der Waals surface area contributed by atoms with Gasteiger partial charge in [0.1, 0.15) is 11.6 Å². The van der Waals surface area contributed by atoms with Crippen LogP contribution in [0.2, 0.25) is 0 Å². The highest BCUT2D eigenvalue weighted by Gasteiger charge is 2.35. The third-order valence-corrected chi connectivity index (χ3v) is 4.45. The number of fused-ring (bicyclic) bond motifs is 1. The molecule has 0 saturated heterocycles. The van der Waals surface area contributed by atoms with Crippen molar-refractivity contribution in [3.63, 3.8) is 0 Å². The molecule has 1 aliphatic heterocycles. The van der Waals surface area contributed by atoms with Crippen LogP contribution >= 0.6 is 0 Å². The molecule has 0 radical (unpaired) electrons. The Hall–Kier alpha value is -1.88. The first kappa shape index (κ1) is 14.1. The maximum atomic E-state index is 5.65. The van der Waals surface area contributed by atoms with Crippen molar-refractivity contribution in [1.29, 1.82) is 0 Å². The van der Waals surface area contributed by atoms with Crippen molar-refractivity contribution in [3.05, 3.63) is 41.5 Å². The van der Waals surface area contributed by atoms with Crippen molar-refractivity contribution in [2.24, 2.45) is 0 Å². The third-order valence-electron chi connectivity index (χ3n) is 4.45. The Morgan fingerprint density at radius 3 is 2.76 bits per heavy atom. The molecule has 5 nitrogen and oxygen atoms in total. The molecule has 1 atom stereocenters. The van der Waals surface area contributed by atoms with Gasteiger partial charge in [-0.25, -0.2) is 0 Å². The molecule has 0 bridgehead atoms. The first-order chi connectivity index (χ1) is 10.2. The first-order valence-corrected chi connectivity index (χ1v) is 7.46. The predicted molar refractivity (Wildman–Crippen MR) is 80.1 cm³/mol. The first-order valence-electron chi connectivity index (χ1n) is 7.46. The Morgan fingerprint density at radius 1 is 1.33 bits per heavy atom. The number of hydrogen-bond acceptors (Lipinski definition) is 5. The van der Waals surface area contributed by atoms with Crippen LogP contribution in [0.4, 0.5) is 5.69 Å². The number of benzene rings is 1. The van der Waals surface area contributed by atoms with Gasteiger partial charge in [0, 0.05) is 19.2 Å². The smallest absolute Gasteiger partial charge is 0.249 e. The zero-order chi connectivity index (χ0) is 14.9. The lowest BCUT2D eigenvalue weighted by Crippen LogP contribution is -2.28. The fourth-order valence-corrected chi connectivity index (χ4v) is 2.95. The quantitative estimate of drug-likeness (QED) is 0.912. The number of anilines is 1. The van der Waals surface area contributed by atoms with Gasteiger partial charge in [-0.2, -0.15) is 4.98 Å². The number of aromatic nitrogens is 2. The third kappa shape index (κ3) is 2.31. The second-order valence-corrected chi connectivity index (χ2v) is 5.42. The van der Waals surface area contributed by atoms with Crippen LogP contribution in [0, 0.1) is 0 Å². The molecule has 112 valence electrons. The summed E-state index contributed by atoms with van der Waals surface area (Å²) in [5.41, 5.74) is 1.98. The zero-order valence-corrected chi connectivity index (χ0v) is 12.7. The van der Waals surface area contributed by atoms with Gasteiger partial charge >= 0.3 is 0 Å². The van der Waals surface area contributed by atoms with E-state index in [-0.39, 0.29) is 6.04 Å². The fourth-order valence-electron chi connectivity index (χ4n) is 2.95. The van der Waals surface area contributed by atoms with Gasteiger partial charge in [0.15, 0.2) is 0 Å². The number of nitrogens with one attached hydrogen (secondary N) is 1. The van der Waals surface area contributed by atoms with E-state index in [1.165, 1.54) is 5.56 Å². The van der Waals surface area contributed by atoms with E-state index >= 15 is 0 Å². The molecular formula is C16H21N3O2. The van der Waals surface area contributed by atoms with Gasteiger partial charge in [0.2, 0.25) is 11.7 Å². The van der Waals surface area contributed by atoms with Gasteiger partial charge < -0.3 is 14.6 Å². The van der Waals surface area contributed by atoms with E-state index in [0.29, 0.717) is 11.7 Å². The number of methoxy groups -OCH3 is 1. The Bertz CT molecular complexity index is 586. The Kier molecular flexibility index (Phi) is 3.68. The molecule has 1 aromatic carbocycles. The SMILES string of the molecule is CCC(CC)(OC)c1noc(C2Cc3ccccc3N2)n1. The summed E-state index contributed by atoms with van der Waals surface area (Å²) < 4.78 is 11.1. The van der Waals surface area contributed by atoms with Crippen LogP contribution in [0.3, 0.4) is 0 Å². The number of para-hydroxylation sites is 1. The van der Waals surface area contributed by atoms with Crippen molar-refractivity contribution >= 4 is 5.69 Å². The van der Waals surface area contributed by atoms with Gasteiger partial charge in [0.25, 0.3) is 0 Å². The summed E-state index contributed by atoms with van der Waals surface area (Å²) in [6.45, 7) is 4.15. The molecule has 0 fully saturated rings. The summed E-state index contributed by atoms with van der Waals surface area (Å²) in [6.07, 6.45) is 2.50. The summed E-state index contributed by atoms with van der Waals surface area (Å²) in [4.78, 5) is 4.60. The molecule has 0 saturated carbocycles. The van der Waals surface area contributed by atoms with E-state index < -0.39 is 5.60 Å². The molecule has 1 aliphatic rings. The van der Waals surface area contributed by atoms with Crippen LogP contribution in [0.5, 0.6) is 0 Å². The van der Waals surface area contributed by atoms with Crippen LogP contribution in [0.1, 0.15) is 50.0 Å². The van der Waals surface area contributed by atoms with Crippen LogP contribution in [-0.4, -0.2) is 17.3 Å². The van der Waals surface area contributed by atoms with Crippen molar-refractivity contribution in [2.75, 3.05) is 12.4 Å². The van der Waals surface area contributed by atoms with Crippen LogP contribution in [0.25, 0.3) is 0 Å². The van der Waals surface area contributed by atoms with Crippen molar-refractivity contribution in [1.82, 2.24) is 10.1 Å². The lowest BCUT2D eigenvalue weighted by Gasteiger charge is -2.25. The van der Waals surface area contributed by atoms with Gasteiger partial charge in [0.05, 0.1) is 0 Å². The van der Waals surface area contributed by atoms with E-state index in [4.69, 9.17) is 9.26 Å². The molecule has 2 aromatic rings. The van der Waals surface area contributed by atoms with E-state index in [0.717, 1.165) is 24.9 Å². The van der Waals surface area contributed by atoms with Crippen molar-refractivity contribution in [2.45, 2.75) is 44.8 Å². The molecular weight excluding hydrogens is 266 g/mol. The zero-order valence-electron chi connectivity index (χ0n) is 12.7. The minimum atomic E-state index is -0.451. The summed E-state index contributed by atoms with van der Waals surface area (Å²) >= 11 is 0. The molecule has 1 N–H and O–H groups in total. The molecule has 1 unspecified atom stereocenters. The Morgan fingerprint density at radius 2 is 2.10 bits per heavy atom. The summed E-state index contributed by atoms with van der Waals surface area (Å²) in [7, 11) is 1.70. The second kappa shape index (κ2) is 5.48. The molecule has 5 heteroatoms. The van der Waals surface area contributed by atoms with Crippen LogP contribution in [0.15, 0.2) is 28.8 Å². The maximum absolute atomic E-state index is 5.65. The van der Waals surface area contributed by atoms with Gasteiger partial charge in [-0.15, -0.1) is 0 Å². The molecule has 0 spiro atoms. The van der Waals surface area contributed by atoms with E-state index in [2.05, 4.69) is 41.4 Å². The highest BCUT2D eigenvalue weighted by molar-refractivity contribution is 5.56. The lowest BCUT2D eigenvalue weighted by molar-refractivity contribution is -0.0306. The van der Waals surface area contributed by atoms with Crippen LogP contribution < -0.4 is 5.32 Å². The highest BCUT2D eigenvalue weighted by atomic mass is 16.5. The topological polar surface area (TPSA) is 60.2 Å². The molecule has 1 aromatic heterocycles. The van der Waals surface area contributed by atoms with E-state index in [1.54, 1.807) is 7.11 Å². The highest BCUT2D eigenvalue weighted by Crippen LogP contribution is 2.35. The molecule has 0 amide bonds. The second-order valence-electron chi connectivity index (χ2n) is 5.42. The molecule has 21 heavy (non-hydrogen) atoms.